The summed E-state index contributed by atoms with van der Waals surface area (Å²) in [5, 5.41) is 0. The van der Waals surface area contributed by atoms with E-state index in [9.17, 15) is 13.2 Å². The van der Waals surface area contributed by atoms with Crippen LogP contribution >= 0.6 is 0 Å². The molecule has 3 N–H and O–H groups in total. The highest BCUT2D eigenvalue weighted by Gasteiger charge is 2.17. The maximum Gasteiger partial charge on any atom is 0.162 e. The molecule has 100 valence electrons. The average molecular weight is 266 g/mol. The second-order valence-corrected chi connectivity index (χ2v) is 4.16. The van der Waals surface area contributed by atoms with Crippen molar-refractivity contribution in [3.63, 3.8) is 0 Å². The Morgan fingerprint density at radius 2 is 1.63 bits per heavy atom. The Labute approximate surface area is 109 Å². The molecule has 19 heavy (non-hydrogen) atoms. The van der Waals surface area contributed by atoms with Gasteiger partial charge in [-0.1, -0.05) is 30.3 Å². The molecule has 0 aliphatic carbocycles. The molecular formula is C14H13F3N2. The van der Waals surface area contributed by atoms with E-state index in [0.717, 1.165) is 6.07 Å². The zero-order valence-corrected chi connectivity index (χ0v) is 10.0. The van der Waals surface area contributed by atoms with Gasteiger partial charge in [0.15, 0.2) is 11.6 Å². The third-order valence-corrected chi connectivity index (χ3v) is 2.94. The molecule has 2 nitrogen and oxygen atoms in total. The lowest BCUT2D eigenvalue weighted by Crippen LogP contribution is -2.30. The molecule has 0 saturated carbocycles. The number of hydrogen-bond acceptors (Lipinski definition) is 2. The van der Waals surface area contributed by atoms with E-state index >= 15 is 0 Å². The summed E-state index contributed by atoms with van der Waals surface area (Å²) >= 11 is 0. The smallest absolute Gasteiger partial charge is 0.162 e. The molecular weight excluding hydrogens is 253 g/mol. The van der Waals surface area contributed by atoms with Gasteiger partial charge in [0, 0.05) is 5.56 Å². The van der Waals surface area contributed by atoms with Crippen molar-refractivity contribution in [2.45, 2.75) is 12.5 Å². The van der Waals surface area contributed by atoms with E-state index in [1.807, 2.05) is 0 Å². The molecule has 0 fully saturated rings. The Bertz CT molecular complexity index is 572. The highest BCUT2D eigenvalue weighted by molar-refractivity contribution is 5.26. The number of hydrazine groups is 1. The van der Waals surface area contributed by atoms with Gasteiger partial charge in [0.25, 0.3) is 0 Å². The quantitative estimate of drug-likeness (QED) is 0.659. The van der Waals surface area contributed by atoms with Gasteiger partial charge in [0.1, 0.15) is 5.82 Å². The summed E-state index contributed by atoms with van der Waals surface area (Å²) in [4.78, 5) is 0. The van der Waals surface area contributed by atoms with Crippen LogP contribution in [0.5, 0.6) is 0 Å². The zero-order valence-electron chi connectivity index (χ0n) is 10.0. The lowest BCUT2D eigenvalue weighted by atomic mass is 9.98. The molecule has 1 unspecified atom stereocenters. The van der Waals surface area contributed by atoms with E-state index in [1.165, 1.54) is 18.2 Å². The molecule has 0 saturated heterocycles. The van der Waals surface area contributed by atoms with Crippen molar-refractivity contribution < 1.29 is 13.2 Å². The summed E-state index contributed by atoms with van der Waals surface area (Å²) < 4.78 is 40.3. The van der Waals surface area contributed by atoms with Gasteiger partial charge in [0.2, 0.25) is 0 Å². The van der Waals surface area contributed by atoms with Gasteiger partial charge < -0.3 is 0 Å². The number of benzene rings is 2. The van der Waals surface area contributed by atoms with Gasteiger partial charge in [-0.3, -0.25) is 11.3 Å². The topological polar surface area (TPSA) is 38.0 Å². The minimum atomic E-state index is -0.931. The first-order chi connectivity index (χ1) is 9.13. The second-order valence-electron chi connectivity index (χ2n) is 4.16. The van der Waals surface area contributed by atoms with Crippen molar-refractivity contribution in [2.24, 2.45) is 5.84 Å². The number of rotatable bonds is 4. The third-order valence-electron chi connectivity index (χ3n) is 2.94. The summed E-state index contributed by atoms with van der Waals surface area (Å²) in [5.41, 5.74) is 2.88. The Balaban J connectivity index is 2.30. The van der Waals surface area contributed by atoms with E-state index < -0.39 is 23.5 Å². The molecule has 0 heterocycles. The molecule has 0 spiro atoms. The molecule has 2 aromatic carbocycles. The number of nitrogens with two attached hydrogens (primary N) is 1. The average Bonchev–Trinajstić information content (AvgIpc) is 2.41. The summed E-state index contributed by atoms with van der Waals surface area (Å²) in [5.74, 6) is 3.07. The fourth-order valence-electron chi connectivity index (χ4n) is 1.94. The minimum absolute atomic E-state index is 0.0566. The molecule has 0 radical (unpaired) electrons. The highest BCUT2D eigenvalue weighted by Crippen LogP contribution is 2.22. The van der Waals surface area contributed by atoms with Gasteiger partial charge in [-0.25, -0.2) is 13.2 Å². The summed E-state index contributed by atoms with van der Waals surface area (Å²) in [7, 11) is 0. The number of hydrogen-bond donors (Lipinski definition) is 2. The van der Waals surface area contributed by atoms with Crippen molar-refractivity contribution in [2.75, 3.05) is 0 Å². The first-order valence-corrected chi connectivity index (χ1v) is 5.77. The van der Waals surface area contributed by atoms with Gasteiger partial charge in [-0.15, -0.1) is 0 Å². The molecule has 5 heteroatoms. The molecule has 0 aliphatic heterocycles. The van der Waals surface area contributed by atoms with Gasteiger partial charge in [-0.05, 0) is 24.1 Å². The first kappa shape index (κ1) is 13.6. The van der Waals surface area contributed by atoms with Crippen LogP contribution in [-0.2, 0) is 6.42 Å². The summed E-state index contributed by atoms with van der Waals surface area (Å²) in [6, 6.07) is 9.31. The molecule has 0 bridgehead atoms. The standard InChI is InChI=1S/C14H13F3N2/c15-11-6-2-1-5-10(11)13(19-18)8-9-4-3-7-12(16)14(9)17/h1-7,13,19H,8,18H2. The van der Waals surface area contributed by atoms with Gasteiger partial charge in [-0.2, -0.15) is 0 Å². The van der Waals surface area contributed by atoms with Crippen LogP contribution in [0, 0.1) is 17.5 Å². The third kappa shape index (κ3) is 2.94. The molecule has 0 aliphatic rings. The molecule has 2 aromatic rings. The first-order valence-electron chi connectivity index (χ1n) is 5.77. The van der Waals surface area contributed by atoms with Crippen LogP contribution in [0.2, 0.25) is 0 Å². The molecule has 0 amide bonds. The molecule has 2 rings (SSSR count). The van der Waals surface area contributed by atoms with Crippen LogP contribution in [0.1, 0.15) is 17.2 Å². The lowest BCUT2D eigenvalue weighted by Gasteiger charge is -2.17. The Morgan fingerprint density at radius 3 is 2.32 bits per heavy atom. The van der Waals surface area contributed by atoms with Crippen molar-refractivity contribution >= 4 is 0 Å². The van der Waals surface area contributed by atoms with Crippen molar-refractivity contribution in [3.8, 4) is 0 Å². The summed E-state index contributed by atoms with van der Waals surface area (Å²) in [6.07, 6.45) is 0.0566. The van der Waals surface area contributed by atoms with E-state index in [2.05, 4.69) is 5.43 Å². The molecule has 1 atom stereocenters. The predicted molar refractivity (Wildman–Crippen MR) is 66.5 cm³/mol. The Kier molecular flexibility index (Phi) is 4.19. The Morgan fingerprint density at radius 1 is 0.947 bits per heavy atom. The van der Waals surface area contributed by atoms with Crippen LogP contribution < -0.4 is 11.3 Å². The second kappa shape index (κ2) is 5.86. The van der Waals surface area contributed by atoms with Gasteiger partial charge in [0.05, 0.1) is 6.04 Å². The van der Waals surface area contributed by atoms with Crippen LogP contribution in [-0.4, -0.2) is 0 Å². The van der Waals surface area contributed by atoms with Crippen LogP contribution in [0.15, 0.2) is 42.5 Å². The monoisotopic (exact) mass is 266 g/mol. The SMILES string of the molecule is NNC(Cc1cccc(F)c1F)c1ccccc1F. The van der Waals surface area contributed by atoms with Crippen molar-refractivity contribution in [1.82, 2.24) is 5.43 Å². The van der Waals surface area contributed by atoms with Crippen molar-refractivity contribution in [3.05, 3.63) is 71.0 Å². The van der Waals surface area contributed by atoms with Crippen LogP contribution in [0.25, 0.3) is 0 Å². The fourth-order valence-corrected chi connectivity index (χ4v) is 1.94. The van der Waals surface area contributed by atoms with E-state index in [1.54, 1.807) is 18.2 Å². The van der Waals surface area contributed by atoms with Gasteiger partial charge >= 0.3 is 0 Å². The Hall–Kier alpha value is -1.85. The fraction of sp³-hybridized carbons (Fsp3) is 0.143. The maximum atomic E-state index is 13.6. The zero-order chi connectivity index (χ0) is 13.8. The largest absolute Gasteiger partial charge is 0.271 e. The van der Waals surface area contributed by atoms with Crippen LogP contribution in [0.4, 0.5) is 13.2 Å². The van der Waals surface area contributed by atoms with Crippen LogP contribution in [0.3, 0.4) is 0 Å². The number of halogens is 3. The highest BCUT2D eigenvalue weighted by atomic mass is 19.2. The van der Waals surface area contributed by atoms with E-state index in [-0.39, 0.29) is 12.0 Å². The maximum absolute atomic E-state index is 13.6. The van der Waals surface area contributed by atoms with Crippen molar-refractivity contribution in [1.29, 1.82) is 0 Å². The lowest BCUT2D eigenvalue weighted by molar-refractivity contribution is 0.472. The minimum Gasteiger partial charge on any atom is -0.271 e. The van der Waals surface area contributed by atoms with E-state index in [4.69, 9.17) is 5.84 Å². The normalized spacial score (nSPS) is 12.4. The number of nitrogens with one attached hydrogen (secondary N) is 1. The summed E-state index contributed by atoms with van der Waals surface area (Å²) in [6.45, 7) is 0. The molecule has 0 aromatic heterocycles. The van der Waals surface area contributed by atoms with E-state index in [0.29, 0.717) is 5.56 Å². The predicted octanol–water partition coefficient (Wildman–Crippen LogP) is 2.85.